The molecule has 128 valence electrons. The number of methoxy groups -OCH3 is 2. The quantitative estimate of drug-likeness (QED) is 0.728. The summed E-state index contributed by atoms with van der Waals surface area (Å²) in [6.07, 6.45) is 0. The highest BCUT2D eigenvalue weighted by molar-refractivity contribution is 7.18. The van der Waals surface area contributed by atoms with Gasteiger partial charge in [0.25, 0.3) is 5.91 Å². The average Bonchev–Trinajstić information content (AvgIpc) is 3.09. The number of aromatic hydroxyl groups is 1. The molecule has 1 heterocycles. The predicted molar refractivity (Wildman–Crippen MR) is 94.5 cm³/mol. The topological polar surface area (TPSA) is 93.6 Å². The van der Waals surface area contributed by atoms with Crippen molar-refractivity contribution in [2.75, 3.05) is 19.5 Å². The van der Waals surface area contributed by atoms with Crippen molar-refractivity contribution in [3.05, 3.63) is 48.0 Å². The highest BCUT2D eigenvalue weighted by Crippen LogP contribution is 2.31. The minimum atomic E-state index is -0.409. The molecule has 0 bridgehead atoms. The summed E-state index contributed by atoms with van der Waals surface area (Å²) < 4.78 is 10.5. The lowest BCUT2D eigenvalue weighted by molar-refractivity contribution is 0.102. The number of hydrogen-bond donors (Lipinski definition) is 2. The van der Waals surface area contributed by atoms with E-state index in [2.05, 4.69) is 15.5 Å². The zero-order chi connectivity index (χ0) is 17.8. The van der Waals surface area contributed by atoms with E-state index in [4.69, 9.17) is 9.47 Å². The van der Waals surface area contributed by atoms with Crippen molar-refractivity contribution in [2.24, 2.45) is 0 Å². The molecule has 0 aliphatic rings. The van der Waals surface area contributed by atoms with E-state index in [1.54, 1.807) is 42.5 Å². The Morgan fingerprint density at radius 3 is 2.40 bits per heavy atom. The number of phenolic OH excluding ortho intramolecular Hbond substituents is 1. The summed E-state index contributed by atoms with van der Waals surface area (Å²) in [5.41, 5.74) is 0.995. The molecule has 25 heavy (non-hydrogen) atoms. The van der Waals surface area contributed by atoms with Gasteiger partial charge in [0, 0.05) is 5.56 Å². The average molecular weight is 357 g/mol. The normalized spacial score (nSPS) is 10.3. The first-order valence-electron chi connectivity index (χ1n) is 7.27. The number of nitrogens with one attached hydrogen (secondary N) is 1. The largest absolute Gasteiger partial charge is 0.508 e. The van der Waals surface area contributed by atoms with Crippen molar-refractivity contribution >= 4 is 22.4 Å². The van der Waals surface area contributed by atoms with E-state index in [1.165, 1.54) is 25.6 Å². The molecule has 0 atom stereocenters. The third kappa shape index (κ3) is 3.53. The Bertz CT molecular complexity index is 888. The third-order valence-corrected chi connectivity index (χ3v) is 4.28. The van der Waals surface area contributed by atoms with E-state index in [1.807, 2.05) is 0 Å². The molecule has 2 aromatic carbocycles. The molecule has 0 radical (unpaired) electrons. The van der Waals surface area contributed by atoms with Crippen LogP contribution < -0.4 is 14.8 Å². The van der Waals surface area contributed by atoms with Crippen LogP contribution in [-0.4, -0.2) is 35.4 Å². The molecule has 0 spiro atoms. The number of amides is 1. The summed E-state index contributed by atoms with van der Waals surface area (Å²) in [7, 11) is 2.97. The van der Waals surface area contributed by atoms with Gasteiger partial charge >= 0.3 is 0 Å². The highest BCUT2D eigenvalue weighted by atomic mass is 32.1. The molecule has 1 amide bonds. The minimum Gasteiger partial charge on any atom is -0.508 e. The van der Waals surface area contributed by atoms with Crippen LogP contribution in [0.4, 0.5) is 5.13 Å². The van der Waals surface area contributed by atoms with Gasteiger partial charge in [-0.25, -0.2) is 0 Å². The number of rotatable bonds is 5. The maximum Gasteiger partial charge on any atom is 0.265 e. The molecule has 3 aromatic rings. The van der Waals surface area contributed by atoms with Crippen molar-refractivity contribution in [3.63, 3.8) is 0 Å². The van der Waals surface area contributed by atoms with E-state index in [-0.39, 0.29) is 11.3 Å². The zero-order valence-corrected chi connectivity index (χ0v) is 14.3. The molecule has 3 rings (SSSR count). The van der Waals surface area contributed by atoms with Crippen LogP contribution in [0.1, 0.15) is 10.4 Å². The third-order valence-electron chi connectivity index (χ3n) is 3.39. The molecule has 2 N–H and O–H groups in total. The van der Waals surface area contributed by atoms with Gasteiger partial charge in [-0.05, 0) is 24.3 Å². The molecule has 0 aliphatic heterocycles. The van der Waals surface area contributed by atoms with E-state index in [0.717, 1.165) is 0 Å². The fourth-order valence-corrected chi connectivity index (χ4v) is 3.00. The van der Waals surface area contributed by atoms with Gasteiger partial charge in [0.15, 0.2) is 0 Å². The lowest BCUT2D eigenvalue weighted by Crippen LogP contribution is -2.14. The van der Waals surface area contributed by atoms with Crippen LogP contribution in [-0.2, 0) is 0 Å². The summed E-state index contributed by atoms with van der Waals surface area (Å²) in [4.78, 5) is 12.6. The van der Waals surface area contributed by atoms with Crippen LogP contribution in [0.25, 0.3) is 10.6 Å². The van der Waals surface area contributed by atoms with Gasteiger partial charge in [-0.1, -0.05) is 29.5 Å². The molecule has 0 fully saturated rings. The van der Waals surface area contributed by atoms with Crippen LogP contribution in [0.2, 0.25) is 0 Å². The Morgan fingerprint density at radius 1 is 1.08 bits per heavy atom. The lowest BCUT2D eigenvalue weighted by atomic mass is 10.1. The van der Waals surface area contributed by atoms with Gasteiger partial charge in [0.2, 0.25) is 5.13 Å². The predicted octanol–water partition coefficient (Wildman–Crippen LogP) is 3.18. The fraction of sp³-hybridized carbons (Fsp3) is 0.118. The van der Waals surface area contributed by atoms with E-state index in [0.29, 0.717) is 27.2 Å². The van der Waals surface area contributed by atoms with Crippen molar-refractivity contribution in [1.29, 1.82) is 0 Å². The second-order valence-corrected chi connectivity index (χ2v) is 5.93. The Kier molecular flexibility index (Phi) is 4.80. The Balaban J connectivity index is 1.85. The van der Waals surface area contributed by atoms with Gasteiger partial charge < -0.3 is 14.6 Å². The first-order valence-corrected chi connectivity index (χ1v) is 8.09. The molecule has 0 aliphatic carbocycles. The van der Waals surface area contributed by atoms with Crippen LogP contribution in [0.3, 0.4) is 0 Å². The van der Waals surface area contributed by atoms with Crippen LogP contribution >= 0.6 is 11.3 Å². The number of hydrogen-bond acceptors (Lipinski definition) is 7. The van der Waals surface area contributed by atoms with Crippen molar-refractivity contribution in [2.45, 2.75) is 0 Å². The zero-order valence-electron chi connectivity index (χ0n) is 13.5. The summed E-state index contributed by atoms with van der Waals surface area (Å²) in [5, 5.41) is 21.2. The molecule has 0 saturated carbocycles. The van der Waals surface area contributed by atoms with Gasteiger partial charge in [-0.3, -0.25) is 10.1 Å². The highest BCUT2D eigenvalue weighted by Gasteiger charge is 2.20. The van der Waals surface area contributed by atoms with Crippen molar-refractivity contribution in [1.82, 2.24) is 10.2 Å². The molecule has 7 nitrogen and oxygen atoms in total. The minimum absolute atomic E-state index is 0.136. The molecular formula is C17H15N3O4S. The number of benzene rings is 2. The fourth-order valence-electron chi connectivity index (χ4n) is 2.26. The molecule has 1 aromatic heterocycles. The van der Waals surface area contributed by atoms with Crippen LogP contribution in [0.5, 0.6) is 17.2 Å². The first-order chi connectivity index (χ1) is 12.1. The lowest BCUT2D eigenvalue weighted by Gasteiger charge is -2.11. The number of phenols is 1. The molecule has 0 unspecified atom stereocenters. The SMILES string of the molecule is COc1cccc(OC)c1C(=O)Nc1nnc(-c2cccc(O)c2)s1. The van der Waals surface area contributed by atoms with Gasteiger partial charge in [0.1, 0.15) is 27.8 Å². The first kappa shape index (κ1) is 16.7. The number of carbonyl (C=O) groups is 1. The monoisotopic (exact) mass is 357 g/mol. The number of ether oxygens (including phenoxy) is 2. The number of carbonyl (C=O) groups excluding carboxylic acids is 1. The van der Waals surface area contributed by atoms with Crippen molar-refractivity contribution in [3.8, 4) is 27.8 Å². The Hall–Kier alpha value is -3.13. The number of nitrogens with zero attached hydrogens (tertiary/aromatic N) is 2. The standard InChI is InChI=1S/C17H15N3O4S/c1-23-12-7-4-8-13(24-2)14(12)15(22)18-17-20-19-16(25-17)10-5-3-6-11(21)9-10/h3-9,21H,1-2H3,(H,18,20,22). The van der Waals surface area contributed by atoms with Crippen LogP contribution in [0, 0.1) is 0 Å². The maximum atomic E-state index is 12.6. The molecular weight excluding hydrogens is 342 g/mol. The Labute approximate surface area is 147 Å². The summed E-state index contributed by atoms with van der Waals surface area (Å²) in [6, 6.07) is 11.8. The smallest absolute Gasteiger partial charge is 0.265 e. The van der Waals surface area contributed by atoms with E-state index in [9.17, 15) is 9.90 Å². The van der Waals surface area contributed by atoms with Gasteiger partial charge in [-0.2, -0.15) is 0 Å². The molecule has 0 saturated heterocycles. The second kappa shape index (κ2) is 7.18. The van der Waals surface area contributed by atoms with Gasteiger partial charge in [-0.15, -0.1) is 10.2 Å². The van der Waals surface area contributed by atoms with Crippen molar-refractivity contribution < 1.29 is 19.4 Å². The summed E-state index contributed by atoms with van der Waals surface area (Å²) in [6.45, 7) is 0. The van der Waals surface area contributed by atoms with Crippen LogP contribution in [0.15, 0.2) is 42.5 Å². The van der Waals surface area contributed by atoms with E-state index < -0.39 is 5.91 Å². The maximum absolute atomic E-state index is 12.6. The summed E-state index contributed by atoms with van der Waals surface area (Å²) >= 11 is 1.20. The summed E-state index contributed by atoms with van der Waals surface area (Å²) in [5.74, 6) is 0.522. The van der Waals surface area contributed by atoms with E-state index >= 15 is 0 Å². The van der Waals surface area contributed by atoms with Gasteiger partial charge in [0.05, 0.1) is 14.2 Å². The molecule has 8 heteroatoms. The second-order valence-electron chi connectivity index (χ2n) is 4.95. The number of anilines is 1. The number of aromatic nitrogens is 2. The Morgan fingerprint density at radius 2 is 1.76 bits per heavy atom.